The molecule has 0 aliphatic carbocycles. The van der Waals surface area contributed by atoms with Crippen molar-refractivity contribution in [1.29, 1.82) is 0 Å². The number of nitrogens with zero attached hydrogens (tertiary/aromatic N) is 1. The molecule has 2 rings (SSSR count). The number of aromatic nitrogens is 1. The van der Waals surface area contributed by atoms with Gasteiger partial charge in [0.2, 0.25) is 5.91 Å². The number of rotatable bonds is 2. The minimum Gasteiger partial charge on any atom is -0.325 e. The molecule has 1 amide bonds. The van der Waals surface area contributed by atoms with E-state index in [0.29, 0.717) is 0 Å². The first-order valence-corrected chi connectivity index (χ1v) is 4.63. The fourth-order valence-electron chi connectivity index (χ4n) is 1.37. The summed E-state index contributed by atoms with van der Waals surface area (Å²) in [5.41, 5.74) is 5.96. The SMILES string of the molecule is NCC(=O)Nc1ccc2cnccc2c1. The summed E-state index contributed by atoms with van der Waals surface area (Å²) in [4.78, 5) is 15.1. The van der Waals surface area contributed by atoms with Crippen LogP contribution in [0, 0.1) is 0 Å². The molecule has 1 heterocycles. The van der Waals surface area contributed by atoms with Crippen molar-refractivity contribution in [3.8, 4) is 0 Å². The predicted molar refractivity (Wildman–Crippen MR) is 59.4 cm³/mol. The molecule has 0 spiro atoms. The molecule has 0 fully saturated rings. The van der Waals surface area contributed by atoms with Gasteiger partial charge in [-0.2, -0.15) is 0 Å². The molecule has 2 aromatic rings. The van der Waals surface area contributed by atoms with Crippen LogP contribution in [-0.2, 0) is 4.79 Å². The smallest absolute Gasteiger partial charge is 0.238 e. The van der Waals surface area contributed by atoms with E-state index >= 15 is 0 Å². The number of hydrogen-bond acceptors (Lipinski definition) is 3. The number of pyridine rings is 1. The highest BCUT2D eigenvalue weighted by atomic mass is 16.1. The fourth-order valence-corrected chi connectivity index (χ4v) is 1.37. The molecular formula is C11H11N3O. The zero-order chi connectivity index (χ0) is 10.7. The normalized spacial score (nSPS) is 10.2. The standard InChI is InChI=1S/C11H11N3O/c12-6-11(15)14-10-2-1-9-7-13-4-3-8(9)5-10/h1-5,7H,6,12H2,(H,14,15). The second-order valence-electron chi connectivity index (χ2n) is 3.19. The highest BCUT2D eigenvalue weighted by Gasteiger charge is 1.99. The monoisotopic (exact) mass is 201 g/mol. The molecule has 0 radical (unpaired) electrons. The van der Waals surface area contributed by atoms with Crippen LogP contribution in [0.1, 0.15) is 0 Å². The number of nitrogens with two attached hydrogens (primary N) is 1. The zero-order valence-corrected chi connectivity index (χ0v) is 8.10. The van der Waals surface area contributed by atoms with E-state index in [2.05, 4.69) is 10.3 Å². The van der Waals surface area contributed by atoms with Crippen LogP contribution < -0.4 is 11.1 Å². The van der Waals surface area contributed by atoms with Crippen LogP contribution in [0.15, 0.2) is 36.7 Å². The van der Waals surface area contributed by atoms with Gasteiger partial charge in [0.15, 0.2) is 0 Å². The van der Waals surface area contributed by atoms with Crippen molar-refractivity contribution in [3.63, 3.8) is 0 Å². The second kappa shape index (κ2) is 4.06. The van der Waals surface area contributed by atoms with Gasteiger partial charge in [0.25, 0.3) is 0 Å². The van der Waals surface area contributed by atoms with Crippen LogP contribution >= 0.6 is 0 Å². The van der Waals surface area contributed by atoms with Crippen molar-refractivity contribution in [2.45, 2.75) is 0 Å². The lowest BCUT2D eigenvalue weighted by Gasteiger charge is -2.04. The fraction of sp³-hybridized carbons (Fsp3) is 0.0909. The third-order valence-corrected chi connectivity index (χ3v) is 2.11. The highest BCUT2D eigenvalue weighted by molar-refractivity contribution is 5.95. The number of fused-ring (bicyclic) bond motifs is 1. The molecule has 1 aromatic heterocycles. The topological polar surface area (TPSA) is 68.0 Å². The summed E-state index contributed by atoms with van der Waals surface area (Å²) in [5.74, 6) is -0.191. The first-order chi connectivity index (χ1) is 7.29. The Morgan fingerprint density at radius 3 is 3.00 bits per heavy atom. The number of amides is 1. The van der Waals surface area contributed by atoms with Gasteiger partial charge >= 0.3 is 0 Å². The molecular weight excluding hydrogens is 190 g/mol. The Hall–Kier alpha value is -1.94. The largest absolute Gasteiger partial charge is 0.325 e. The Morgan fingerprint density at radius 2 is 2.20 bits per heavy atom. The van der Waals surface area contributed by atoms with Crippen LogP contribution in [-0.4, -0.2) is 17.4 Å². The number of hydrogen-bond donors (Lipinski definition) is 2. The Bertz CT molecular complexity index is 496. The molecule has 0 aliphatic rings. The van der Waals surface area contributed by atoms with E-state index in [9.17, 15) is 4.79 Å². The first kappa shape index (κ1) is 9.61. The molecule has 0 bridgehead atoms. The van der Waals surface area contributed by atoms with Crippen LogP contribution in [0.25, 0.3) is 10.8 Å². The maximum Gasteiger partial charge on any atom is 0.238 e. The van der Waals surface area contributed by atoms with Gasteiger partial charge in [0.1, 0.15) is 0 Å². The molecule has 0 saturated carbocycles. The predicted octanol–water partition coefficient (Wildman–Crippen LogP) is 1.13. The van der Waals surface area contributed by atoms with Gasteiger partial charge in [-0.05, 0) is 23.6 Å². The molecule has 1 aromatic carbocycles. The van der Waals surface area contributed by atoms with Crippen LogP contribution in [0.4, 0.5) is 5.69 Å². The van der Waals surface area contributed by atoms with Gasteiger partial charge in [0, 0.05) is 23.5 Å². The molecule has 4 heteroatoms. The van der Waals surface area contributed by atoms with Crippen molar-refractivity contribution in [3.05, 3.63) is 36.7 Å². The minimum atomic E-state index is -0.191. The van der Waals surface area contributed by atoms with Crippen LogP contribution in [0.2, 0.25) is 0 Å². The molecule has 76 valence electrons. The molecule has 0 unspecified atom stereocenters. The summed E-state index contributed by atoms with van der Waals surface area (Å²) in [6.45, 7) is -0.00557. The minimum absolute atomic E-state index is 0.00557. The van der Waals surface area contributed by atoms with Gasteiger partial charge in [-0.3, -0.25) is 9.78 Å². The average molecular weight is 201 g/mol. The molecule has 0 atom stereocenters. The van der Waals surface area contributed by atoms with Gasteiger partial charge in [-0.1, -0.05) is 6.07 Å². The van der Waals surface area contributed by atoms with E-state index in [1.807, 2.05) is 24.3 Å². The van der Waals surface area contributed by atoms with Crippen molar-refractivity contribution in [2.75, 3.05) is 11.9 Å². The van der Waals surface area contributed by atoms with Crippen molar-refractivity contribution < 1.29 is 4.79 Å². The number of anilines is 1. The number of carbonyl (C=O) groups excluding carboxylic acids is 1. The summed E-state index contributed by atoms with van der Waals surface area (Å²) in [6.07, 6.45) is 3.50. The van der Waals surface area contributed by atoms with E-state index < -0.39 is 0 Å². The molecule has 4 nitrogen and oxygen atoms in total. The maximum atomic E-state index is 11.1. The van der Waals surface area contributed by atoms with Crippen molar-refractivity contribution in [1.82, 2.24) is 4.98 Å². The van der Waals surface area contributed by atoms with E-state index in [-0.39, 0.29) is 12.5 Å². The van der Waals surface area contributed by atoms with Crippen LogP contribution in [0.3, 0.4) is 0 Å². The van der Waals surface area contributed by atoms with Crippen molar-refractivity contribution in [2.24, 2.45) is 5.73 Å². The third-order valence-electron chi connectivity index (χ3n) is 2.11. The van der Waals surface area contributed by atoms with Gasteiger partial charge in [0.05, 0.1) is 6.54 Å². The average Bonchev–Trinajstić information content (AvgIpc) is 2.29. The number of benzene rings is 1. The number of nitrogens with one attached hydrogen (secondary N) is 1. The number of carbonyl (C=O) groups is 1. The summed E-state index contributed by atoms with van der Waals surface area (Å²) in [7, 11) is 0. The molecule has 3 N–H and O–H groups in total. The highest BCUT2D eigenvalue weighted by Crippen LogP contribution is 2.17. The Morgan fingerprint density at radius 1 is 1.33 bits per heavy atom. The zero-order valence-electron chi connectivity index (χ0n) is 8.10. The quantitative estimate of drug-likeness (QED) is 0.765. The van der Waals surface area contributed by atoms with Crippen LogP contribution in [0.5, 0.6) is 0 Å². The second-order valence-corrected chi connectivity index (χ2v) is 3.19. The molecule has 15 heavy (non-hydrogen) atoms. The van der Waals surface area contributed by atoms with Gasteiger partial charge in [-0.25, -0.2) is 0 Å². The van der Waals surface area contributed by atoms with E-state index in [1.54, 1.807) is 12.4 Å². The lowest BCUT2D eigenvalue weighted by atomic mass is 10.1. The molecule has 0 aliphatic heterocycles. The van der Waals surface area contributed by atoms with Gasteiger partial charge in [-0.15, -0.1) is 0 Å². The summed E-state index contributed by atoms with van der Waals surface area (Å²) < 4.78 is 0. The van der Waals surface area contributed by atoms with E-state index in [1.165, 1.54) is 0 Å². The van der Waals surface area contributed by atoms with E-state index in [4.69, 9.17) is 5.73 Å². The maximum absolute atomic E-state index is 11.1. The summed E-state index contributed by atoms with van der Waals surface area (Å²) in [5, 5.41) is 4.79. The Balaban J connectivity index is 2.34. The lowest BCUT2D eigenvalue weighted by molar-refractivity contribution is -0.114. The Kier molecular flexibility index (Phi) is 2.60. The summed E-state index contributed by atoms with van der Waals surface area (Å²) >= 11 is 0. The van der Waals surface area contributed by atoms with Gasteiger partial charge < -0.3 is 11.1 Å². The van der Waals surface area contributed by atoms with E-state index in [0.717, 1.165) is 16.5 Å². The molecule has 0 saturated heterocycles. The summed E-state index contributed by atoms with van der Waals surface area (Å²) in [6, 6.07) is 7.53. The first-order valence-electron chi connectivity index (χ1n) is 4.63. The van der Waals surface area contributed by atoms with Crippen molar-refractivity contribution >= 4 is 22.4 Å². The third kappa shape index (κ3) is 2.11. The lowest BCUT2D eigenvalue weighted by Crippen LogP contribution is -2.21. The Labute approximate surface area is 87.1 Å².